The van der Waals surface area contributed by atoms with E-state index in [0.717, 1.165) is 12.1 Å². The summed E-state index contributed by atoms with van der Waals surface area (Å²) in [6.45, 7) is 11.1. The molecule has 0 saturated heterocycles. The predicted octanol–water partition coefficient (Wildman–Crippen LogP) is 6.93. The number of amides is 2. The molecule has 2 aromatic heterocycles. The summed E-state index contributed by atoms with van der Waals surface area (Å²) in [5.41, 5.74) is 1.55. The summed E-state index contributed by atoms with van der Waals surface area (Å²) in [6, 6.07) is 0.452. The number of azo groups is 1. The fourth-order valence-corrected chi connectivity index (χ4v) is 3.15. The molecule has 0 aliphatic rings. The maximum Gasteiger partial charge on any atom is 0.452 e. The molecule has 0 saturated carbocycles. The van der Waals surface area contributed by atoms with Crippen LogP contribution in [0.4, 0.5) is 9.59 Å². The number of fused-ring (bicyclic) bond motifs is 1. The van der Waals surface area contributed by atoms with Gasteiger partial charge in [0.15, 0.2) is 10.8 Å². The Kier molecular flexibility index (Phi) is 13.1. The molecule has 0 aliphatic heterocycles. The lowest BCUT2D eigenvalue weighted by molar-refractivity contribution is 0.115. The van der Waals surface area contributed by atoms with E-state index >= 15 is 0 Å². The predicted molar refractivity (Wildman–Crippen MR) is 127 cm³/mol. The lowest BCUT2D eigenvalue weighted by atomic mass is 10.1. The molecule has 0 bridgehead atoms. The number of ether oxygens (including phenoxy) is 2. The van der Waals surface area contributed by atoms with E-state index in [-0.39, 0.29) is 12.2 Å². The summed E-state index contributed by atoms with van der Waals surface area (Å²) in [7, 11) is 0. The van der Waals surface area contributed by atoms with Gasteiger partial charge in [-0.15, -0.1) is 0 Å². The summed E-state index contributed by atoms with van der Waals surface area (Å²) in [5.74, 6) is 0. The van der Waals surface area contributed by atoms with Crippen molar-refractivity contribution >= 4 is 35.0 Å². The van der Waals surface area contributed by atoms with Crippen molar-refractivity contribution in [2.75, 3.05) is 0 Å². The largest absolute Gasteiger partial charge is 0.452 e. The Labute approximate surface area is 200 Å². The second-order valence-electron chi connectivity index (χ2n) is 7.96. The van der Waals surface area contributed by atoms with Crippen LogP contribution in [0, 0.1) is 0 Å². The van der Waals surface area contributed by atoms with Gasteiger partial charge in [0.05, 0.1) is 18.5 Å². The van der Waals surface area contributed by atoms with Crippen LogP contribution >= 0.6 is 11.6 Å². The fraction of sp³-hybridized carbons (Fsp3) is 0.682. The molecule has 184 valence electrons. The summed E-state index contributed by atoms with van der Waals surface area (Å²) < 4.78 is 11.3. The van der Waals surface area contributed by atoms with Crippen LogP contribution in [-0.2, 0) is 9.47 Å². The Bertz CT molecular complexity index is 876. The van der Waals surface area contributed by atoms with Crippen molar-refractivity contribution in [2.45, 2.75) is 98.3 Å². The summed E-state index contributed by atoms with van der Waals surface area (Å²) in [4.78, 5) is 34.1. The molecule has 0 aliphatic carbocycles. The first kappa shape index (κ1) is 28.4. The van der Waals surface area contributed by atoms with E-state index in [9.17, 15) is 9.59 Å². The highest BCUT2D eigenvalue weighted by molar-refractivity contribution is 6.33. The molecule has 0 N–H and O–H groups in total. The Morgan fingerprint density at radius 1 is 0.970 bits per heavy atom. The minimum Gasteiger partial charge on any atom is -0.444 e. The molecule has 1 atom stereocenters. The van der Waals surface area contributed by atoms with Crippen molar-refractivity contribution in [1.82, 2.24) is 19.5 Å². The monoisotopic (exact) mass is 482 g/mol. The normalized spacial score (nSPS) is 12.2. The van der Waals surface area contributed by atoms with Crippen molar-refractivity contribution in [3.05, 3.63) is 17.8 Å². The molecule has 0 spiro atoms. The first-order valence-electron chi connectivity index (χ1n) is 11.3. The minimum atomic E-state index is -0.902. The standard InChI is InChI=1S/C14H21ClN4.C8H14N2O4/c1-3-5-6-7-8-11(4-2)19-10-18-12-13(15)16-9-17-14(12)19;1-5(2)13-7(11)9-10-8(12)14-6(3)4/h9-11H,3-8H2,1-2H3;5-6H,1-4H3/b;10-9+. The average molecular weight is 483 g/mol. The van der Waals surface area contributed by atoms with E-state index in [1.165, 1.54) is 38.4 Å². The van der Waals surface area contributed by atoms with Crippen LogP contribution in [0.1, 0.15) is 86.1 Å². The second kappa shape index (κ2) is 15.3. The van der Waals surface area contributed by atoms with Gasteiger partial charge in [-0.25, -0.2) is 24.5 Å². The van der Waals surface area contributed by atoms with Crippen LogP contribution in [0.25, 0.3) is 11.2 Å². The van der Waals surface area contributed by atoms with Crippen LogP contribution in [0.5, 0.6) is 0 Å². The highest BCUT2D eigenvalue weighted by Gasteiger charge is 2.15. The number of halogens is 1. The summed E-state index contributed by atoms with van der Waals surface area (Å²) in [6.07, 6.45) is 8.36. The third-order valence-corrected chi connectivity index (χ3v) is 4.73. The van der Waals surface area contributed by atoms with Gasteiger partial charge in [0.1, 0.15) is 11.8 Å². The molecule has 2 rings (SSSR count). The van der Waals surface area contributed by atoms with Crippen LogP contribution in [0.15, 0.2) is 22.9 Å². The van der Waals surface area contributed by atoms with Crippen LogP contribution in [0.2, 0.25) is 5.15 Å². The quantitative estimate of drug-likeness (QED) is 0.215. The molecule has 10 nitrogen and oxygen atoms in total. The lowest BCUT2D eigenvalue weighted by Gasteiger charge is -2.16. The van der Waals surface area contributed by atoms with Crippen LogP contribution in [0.3, 0.4) is 0 Å². The summed E-state index contributed by atoms with van der Waals surface area (Å²) >= 11 is 6.04. The Balaban J connectivity index is 0.000000349. The molecular weight excluding hydrogens is 448 g/mol. The van der Waals surface area contributed by atoms with Crippen molar-refractivity contribution in [3.63, 3.8) is 0 Å². The van der Waals surface area contributed by atoms with Gasteiger partial charge in [0.2, 0.25) is 0 Å². The number of hydrogen-bond acceptors (Lipinski definition) is 7. The third-order valence-electron chi connectivity index (χ3n) is 4.46. The number of hydrogen-bond donors (Lipinski definition) is 0. The van der Waals surface area contributed by atoms with Crippen molar-refractivity contribution in [1.29, 1.82) is 0 Å². The first-order valence-corrected chi connectivity index (χ1v) is 11.7. The number of carbonyl (C=O) groups is 2. The summed E-state index contributed by atoms with van der Waals surface area (Å²) in [5, 5.41) is 6.45. The number of aromatic nitrogens is 4. The van der Waals surface area contributed by atoms with E-state index in [4.69, 9.17) is 11.6 Å². The Hall–Kier alpha value is -2.62. The lowest BCUT2D eigenvalue weighted by Crippen LogP contribution is -2.09. The maximum absolute atomic E-state index is 10.8. The maximum atomic E-state index is 10.8. The van der Waals surface area contributed by atoms with E-state index in [2.05, 4.69) is 53.1 Å². The highest BCUT2D eigenvalue weighted by atomic mass is 35.5. The Morgan fingerprint density at radius 3 is 2.09 bits per heavy atom. The molecular formula is C22H35ClN6O4. The average Bonchev–Trinajstić information content (AvgIpc) is 3.17. The minimum absolute atomic E-state index is 0.289. The highest BCUT2D eigenvalue weighted by Crippen LogP contribution is 2.25. The number of carbonyl (C=O) groups excluding carboxylic acids is 2. The first-order chi connectivity index (χ1) is 15.7. The topological polar surface area (TPSA) is 121 Å². The van der Waals surface area contributed by atoms with Crippen LogP contribution < -0.4 is 0 Å². The number of imidazole rings is 1. The van der Waals surface area contributed by atoms with Gasteiger partial charge in [-0.05, 0) is 40.5 Å². The number of unbranched alkanes of at least 4 members (excludes halogenated alkanes) is 3. The van der Waals surface area contributed by atoms with E-state index < -0.39 is 12.2 Å². The Morgan fingerprint density at radius 2 is 1.58 bits per heavy atom. The zero-order valence-corrected chi connectivity index (χ0v) is 21.1. The van der Waals surface area contributed by atoms with Gasteiger partial charge in [-0.3, -0.25) is 0 Å². The number of nitrogens with zero attached hydrogens (tertiary/aromatic N) is 6. The van der Waals surface area contributed by atoms with Crippen molar-refractivity contribution in [2.24, 2.45) is 10.2 Å². The SMILES string of the molecule is CC(C)OC(=O)/N=N/C(=O)OC(C)C.CCCCCCC(CC)n1cnc2c(Cl)ncnc21. The van der Waals surface area contributed by atoms with E-state index in [1.54, 1.807) is 27.7 Å². The zero-order chi connectivity index (χ0) is 24.8. The molecule has 2 heterocycles. The zero-order valence-electron chi connectivity index (χ0n) is 20.3. The smallest absolute Gasteiger partial charge is 0.444 e. The van der Waals surface area contributed by atoms with E-state index in [1.807, 2.05) is 6.33 Å². The molecule has 0 fully saturated rings. The fourth-order valence-electron chi connectivity index (χ4n) is 2.97. The van der Waals surface area contributed by atoms with Gasteiger partial charge in [0.25, 0.3) is 0 Å². The molecule has 33 heavy (non-hydrogen) atoms. The van der Waals surface area contributed by atoms with Gasteiger partial charge in [-0.1, -0.05) is 61.4 Å². The van der Waals surface area contributed by atoms with Gasteiger partial charge in [0, 0.05) is 6.04 Å². The van der Waals surface area contributed by atoms with Gasteiger partial charge < -0.3 is 14.0 Å². The van der Waals surface area contributed by atoms with Crippen molar-refractivity contribution in [3.8, 4) is 0 Å². The third kappa shape index (κ3) is 10.7. The molecule has 0 radical (unpaired) electrons. The molecule has 11 heteroatoms. The molecule has 0 aromatic carbocycles. The molecule has 2 amide bonds. The van der Waals surface area contributed by atoms with Gasteiger partial charge >= 0.3 is 12.2 Å². The van der Waals surface area contributed by atoms with Crippen LogP contribution in [-0.4, -0.2) is 43.9 Å². The van der Waals surface area contributed by atoms with E-state index in [0.29, 0.717) is 16.7 Å². The molecule has 1 unspecified atom stereocenters. The molecule has 2 aromatic rings. The van der Waals surface area contributed by atoms with Gasteiger partial charge in [-0.2, -0.15) is 0 Å². The van der Waals surface area contributed by atoms with Crippen molar-refractivity contribution < 1.29 is 19.1 Å². The number of rotatable bonds is 9. The second-order valence-corrected chi connectivity index (χ2v) is 8.32.